The van der Waals surface area contributed by atoms with Crippen LogP contribution in [0.25, 0.3) is 0 Å². The maximum atomic E-state index is 12.6. The Hall–Kier alpha value is -4.66. The molecule has 2 aromatic rings. The normalized spacial score (nSPS) is 20.6. The molecule has 0 fully saturated rings. The van der Waals surface area contributed by atoms with Gasteiger partial charge in [-0.25, -0.2) is 33.7 Å². The number of fused-ring (bicyclic) bond motifs is 2. The van der Waals surface area contributed by atoms with Crippen molar-refractivity contribution < 1.29 is 75.6 Å². The third-order valence-electron chi connectivity index (χ3n) is 12.0. The Morgan fingerprint density at radius 3 is 1.89 bits per heavy atom. The molecule has 362 valence electrons. The third kappa shape index (κ3) is 12.7. The maximum Gasteiger partial charge on any atom is 0.253 e. The average Bonchev–Trinajstić information content (AvgIpc) is 3.74. The van der Waals surface area contributed by atoms with Gasteiger partial charge in [-0.15, -0.1) is 0 Å². The van der Waals surface area contributed by atoms with Gasteiger partial charge in [-0.1, -0.05) is 6.08 Å². The second-order valence-electron chi connectivity index (χ2n) is 16.6. The van der Waals surface area contributed by atoms with Gasteiger partial charge in [-0.3, -0.25) is 19.3 Å². The Kier molecular flexibility index (Phi) is 16.4. The van der Waals surface area contributed by atoms with E-state index in [2.05, 4.69) is 5.32 Å². The van der Waals surface area contributed by atoms with E-state index in [4.69, 9.17) is 4.74 Å². The summed E-state index contributed by atoms with van der Waals surface area (Å²) >= 11 is 0. The monoisotopic (exact) mass is 995 g/mol. The highest BCUT2D eigenvalue weighted by molar-refractivity contribution is 7.86. The lowest BCUT2D eigenvalue weighted by Crippen LogP contribution is -2.38. The molecular formula is C42H51N4O16S4-3. The van der Waals surface area contributed by atoms with E-state index in [0.717, 1.165) is 29.2 Å². The molecule has 24 heteroatoms. The van der Waals surface area contributed by atoms with Crippen molar-refractivity contribution in [3.05, 3.63) is 83.6 Å². The molecule has 3 amide bonds. The van der Waals surface area contributed by atoms with Gasteiger partial charge < -0.3 is 33.2 Å². The van der Waals surface area contributed by atoms with Crippen molar-refractivity contribution in [1.82, 2.24) is 10.2 Å². The molecule has 0 spiro atoms. The van der Waals surface area contributed by atoms with Crippen molar-refractivity contribution in [3.63, 3.8) is 0 Å². The number of methoxy groups -OCH3 is 1. The van der Waals surface area contributed by atoms with E-state index < -0.39 is 84.4 Å². The van der Waals surface area contributed by atoms with E-state index in [1.165, 1.54) is 31.4 Å². The van der Waals surface area contributed by atoms with E-state index in [1.54, 1.807) is 32.1 Å². The van der Waals surface area contributed by atoms with Crippen LogP contribution in [0.1, 0.15) is 76.3 Å². The summed E-state index contributed by atoms with van der Waals surface area (Å²) in [6.45, 7) is 4.16. The summed E-state index contributed by atoms with van der Waals surface area (Å²) < 4.78 is 151. The van der Waals surface area contributed by atoms with Crippen LogP contribution in [-0.4, -0.2) is 136 Å². The van der Waals surface area contributed by atoms with E-state index in [9.17, 15) is 66.3 Å². The first kappa shape index (κ1) is 52.3. The van der Waals surface area contributed by atoms with Crippen molar-refractivity contribution >= 4 is 75.3 Å². The Balaban J connectivity index is 1.54. The molecule has 0 radical (unpaired) electrons. The molecule has 3 aliphatic heterocycles. The second kappa shape index (κ2) is 20.7. The molecule has 2 atom stereocenters. The Labute approximate surface area is 385 Å². The Bertz CT molecular complexity index is 2800. The highest BCUT2D eigenvalue weighted by atomic mass is 32.2. The number of benzene rings is 2. The van der Waals surface area contributed by atoms with Crippen molar-refractivity contribution in [1.29, 1.82) is 0 Å². The smallest absolute Gasteiger partial charge is 0.253 e. The van der Waals surface area contributed by atoms with E-state index >= 15 is 0 Å². The van der Waals surface area contributed by atoms with Crippen LogP contribution in [0.5, 0.6) is 0 Å². The Morgan fingerprint density at radius 1 is 0.742 bits per heavy atom. The van der Waals surface area contributed by atoms with Crippen LogP contribution in [-0.2, 0) is 70.4 Å². The average molecular weight is 996 g/mol. The fourth-order valence-corrected chi connectivity index (χ4v) is 10.8. The minimum Gasteiger partial charge on any atom is -0.748 e. The maximum absolute atomic E-state index is 12.6. The first-order valence-electron chi connectivity index (χ1n) is 20.9. The predicted molar refractivity (Wildman–Crippen MR) is 235 cm³/mol. The fourth-order valence-electron chi connectivity index (χ4n) is 8.78. The molecule has 5 rings (SSSR count). The van der Waals surface area contributed by atoms with Crippen molar-refractivity contribution in [3.8, 4) is 0 Å². The van der Waals surface area contributed by atoms with Crippen LogP contribution < -0.4 is 10.2 Å². The number of hydrogen-bond donors (Lipinski definition) is 1. The predicted octanol–water partition coefficient (Wildman–Crippen LogP) is 1.97. The molecule has 2 unspecified atom stereocenters. The van der Waals surface area contributed by atoms with Crippen molar-refractivity contribution in [2.75, 3.05) is 56.3 Å². The SMILES string of the molecule is COCCN1/C(=C/C=C/C2=[N+](CCCCCC(=O)NCCN3C(=O)C=CC3=O)c3ccc(S(=O)(=O)[O-])cc3C2(C)CCCS(=O)(=O)[O-])C(C)(CCCS(=O)(=O)[O-])c2cc(S(=O)(=O)[O-])ccc21. The van der Waals surface area contributed by atoms with Gasteiger partial charge in [-0.2, -0.15) is 4.58 Å². The van der Waals surface area contributed by atoms with E-state index in [1.807, 2.05) is 9.48 Å². The summed E-state index contributed by atoms with van der Waals surface area (Å²) in [4.78, 5) is 37.9. The lowest BCUT2D eigenvalue weighted by atomic mass is 9.75. The zero-order valence-corrected chi connectivity index (χ0v) is 39.7. The van der Waals surface area contributed by atoms with Crippen LogP contribution in [0.4, 0.5) is 11.4 Å². The van der Waals surface area contributed by atoms with Crippen LogP contribution in [0.15, 0.2) is 82.3 Å². The molecule has 0 aliphatic carbocycles. The molecule has 0 bridgehead atoms. The first-order chi connectivity index (χ1) is 30.7. The number of ether oxygens (including phenoxy) is 1. The Morgan fingerprint density at radius 2 is 1.32 bits per heavy atom. The van der Waals surface area contributed by atoms with Gasteiger partial charge in [0.2, 0.25) is 11.6 Å². The molecule has 2 aromatic carbocycles. The number of nitrogens with one attached hydrogen (secondary N) is 1. The molecule has 20 nitrogen and oxygen atoms in total. The van der Waals surface area contributed by atoms with Gasteiger partial charge in [0.05, 0.1) is 42.0 Å². The number of rotatable bonds is 24. The van der Waals surface area contributed by atoms with E-state index in [0.29, 0.717) is 53.2 Å². The highest BCUT2D eigenvalue weighted by Crippen LogP contribution is 2.51. The second-order valence-corrected chi connectivity index (χ2v) is 22.4. The van der Waals surface area contributed by atoms with Crippen LogP contribution in [0, 0.1) is 0 Å². The van der Waals surface area contributed by atoms with Gasteiger partial charge in [0, 0.05) is 97.7 Å². The number of hydrogen-bond acceptors (Lipinski definition) is 17. The molecular weight excluding hydrogens is 945 g/mol. The number of unbranched alkanes of at least 4 members (excludes halogenated alkanes) is 2. The van der Waals surface area contributed by atoms with Crippen LogP contribution in [0.3, 0.4) is 0 Å². The summed E-state index contributed by atoms with van der Waals surface area (Å²) in [6, 6.07) is 7.67. The minimum absolute atomic E-state index is 0.000660. The number of nitrogens with zero attached hydrogens (tertiary/aromatic N) is 3. The number of carbonyl (C=O) groups is 3. The summed E-state index contributed by atoms with van der Waals surface area (Å²) in [5, 5.41) is 2.69. The van der Waals surface area contributed by atoms with Gasteiger partial charge in [0.1, 0.15) is 26.8 Å². The first-order valence-corrected chi connectivity index (χ1v) is 26.9. The number of amides is 3. The lowest BCUT2D eigenvalue weighted by molar-refractivity contribution is -0.438. The molecule has 0 aromatic heterocycles. The lowest BCUT2D eigenvalue weighted by Gasteiger charge is -2.30. The van der Waals surface area contributed by atoms with Crippen LogP contribution in [0.2, 0.25) is 0 Å². The fraction of sp³-hybridized carbons (Fsp3) is 0.476. The summed E-state index contributed by atoms with van der Waals surface area (Å²) in [5.74, 6) is -2.71. The summed E-state index contributed by atoms with van der Waals surface area (Å²) in [6.07, 6.45) is 8.56. The quantitative estimate of drug-likeness (QED) is 0.0680. The molecule has 3 aliphatic rings. The summed E-state index contributed by atoms with van der Waals surface area (Å²) in [5.41, 5.74) is 0.345. The zero-order valence-electron chi connectivity index (χ0n) is 36.5. The molecule has 66 heavy (non-hydrogen) atoms. The topological polar surface area (TPSA) is 311 Å². The number of imide groups is 1. The minimum atomic E-state index is -4.97. The molecule has 3 heterocycles. The van der Waals surface area contributed by atoms with E-state index in [-0.39, 0.29) is 70.8 Å². The molecule has 1 N–H and O–H groups in total. The summed E-state index contributed by atoms with van der Waals surface area (Å²) in [7, 11) is -17.8. The van der Waals surface area contributed by atoms with Gasteiger partial charge in [0.15, 0.2) is 5.71 Å². The zero-order chi connectivity index (χ0) is 48.9. The van der Waals surface area contributed by atoms with Gasteiger partial charge in [0.25, 0.3) is 11.8 Å². The van der Waals surface area contributed by atoms with Gasteiger partial charge >= 0.3 is 0 Å². The number of allylic oxidation sites excluding steroid dienone is 4. The van der Waals surface area contributed by atoms with Crippen molar-refractivity contribution in [2.45, 2.75) is 85.8 Å². The largest absolute Gasteiger partial charge is 0.748 e. The number of anilines is 1. The molecule has 0 saturated heterocycles. The number of carbonyl (C=O) groups excluding carboxylic acids is 3. The van der Waals surface area contributed by atoms with Crippen LogP contribution >= 0.6 is 0 Å². The van der Waals surface area contributed by atoms with Crippen molar-refractivity contribution in [2.24, 2.45) is 0 Å². The molecule has 0 saturated carbocycles. The standard InChI is InChI=1S/C42H54N4O16S4/c1-41(19-8-26-63(50,51)52)32-28-30(65(56,57)58)13-15-34(32)44(22-6-4-5-12-38(47)43-21-23-46-39(48)17-18-40(46)49)36(41)10-7-11-37-42(2,20-9-27-64(53,54)55)33-29-31(66(59,60)61)14-16-35(33)45(37)24-25-62-3/h7,10-11,13-18,28-29H,4-6,8-9,12,19-27H2,1-3H3,(H4-,43,47,50,51,52,53,54,55,56,57,58,59,60,61)/p-3. The van der Waals surface area contributed by atoms with Gasteiger partial charge in [-0.05, 0) is 94.3 Å². The third-order valence-corrected chi connectivity index (χ3v) is 15.2. The highest BCUT2D eigenvalue weighted by Gasteiger charge is 2.48.